The fourth-order valence-corrected chi connectivity index (χ4v) is 4.10. The maximum absolute atomic E-state index is 5.52. The third-order valence-corrected chi connectivity index (χ3v) is 5.63. The highest BCUT2D eigenvalue weighted by atomic mass is 16.6. The Kier molecular flexibility index (Phi) is 4.88. The number of fused-ring (bicyclic) bond motifs is 1. The number of aryl methyl sites for hydroxylation is 1. The molecule has 0 amide bonds. The average molecular weight is 402 g/mol. The van der Waals surface area contributed by atoms with Gasteiger partial charge >= 0.3 is 0 Å². The van der Waals surface area contributed by atoms with Gasteiger partial charge in [-0.2, -0.15) is 0 Å². The summed E-state index contributed by atoms with van der Waals surface area (Å²) in [4.78, 5) is 21.7. The zero-order valence-electron chi connectivity index (χ0n) is 17.2. The molecule has 2 aliphatic rings. The van der Waals surface area contributed by atoms with E-state index in [0.29, 0.717) is 6.54 Å². The van der Waals surface area contributed by atoms with Crippen LogP contribution in [-0.2, 0) is 11.3 Å². The van der Waals surface area contributed by atoms with Gasteiger partial charge in [0.1, 0.15) is 18.6 Å². The van der Waals surface area contributed by atoms with Gasteiger partial charge in [0, 0.05) is 35.1 Å². The van der Waals surface area contributed by atoms with Crippen molar-refractivity contribution in [1.29, 1.82) is 0 Å². The lowest BCUT2D eigenvalue weighted by molar-refractivity contribution is -0.877. The minimum absolute atomic E-state index is 0.691. The molecule has 0 N–H and O–H groups in total. The molecular formula is C23H24N5O2+. The molecule has 0 atom stereocenters. The van der Waals surface area contributed by atoms with Crippen molar-refractivity contribution in [2.75, 3.05) is 38.3 Å². The number of morpholine rings is 1. The summed E-state index contributed by atoms with van der Waals surface area (Å²) in [6.45, 7) is 5.88. The molecule has 0 radical (unpaired) electrons. The summed E-state index contributed by atoms with van der Waals surface area (Å²) in [5.74, 6) is 0.975. The third kappa shape index (κ3) is 3.31. The summed E-state index contributed by atoms with van der Waals surface area (Å²) in [5, 5.41) is 0. The maximum Gasteiger partial charge on any atom is 0.285 e. The van der Waals surface area contributed by atoms with E-state index in [0.717, 1.165) is 65.9 Å². The number of aliphatic imine (C=N–C) groups is 1. The van der Waals surface area contributed by atoms with Crippen molar-refractivity contribution in [3.05, 3.63) is 71.3 Å². The van der Waals surface area contributed by atoms with Gasteiger partial charge in [-0.05, 0) is 36.8 Å². The monoisotopic (exact) mass is 402 g/mol. The summed E-state index contributed by atoms with van der Waals surface area (Å²) >= 11 is 0. The van der Waals surface area contributed by atoms with Crippen LogP contribution < -0.4 is 14.5 Å². The molecular weight excluding hydrogens is 378 g/mol. The van der Waals surface area contributed by atoms with Crippen LogP contribution in [-0.4, -0.2) is 49.1 Å². The number of aromatic nitrogens is 3. The molecule has 1 aromatic carbocycles. The fraction of sp³-hybridized carbons (Fsp3) is 0.304. The first-order valence-corrected chi connectivity index (χ1v) is 10.1. The molecule has 1 fully saturated rings. The molecule has 4 heterocycles. The lowest BCUT2D eigenvalue weighted by Gasteiger charge is -2.28. The molecule has 0 bridgehead atoms. The minimum atomic E-state index is 0.691. The zero-order valence-corrected chi connectivity index (χ0v) is 17.2. The largest absolute Gasteiger partial charge is 0.378 e. The lowest BCUT2D eigenvalue weighted by Crippen LogP contribution is -2.43. The third-order valence-electron chi connectivity index (χ3n) is 5.63. The van der Waals surface area contributed by atoms with E-state index in [9.17, 15) is 0 Å². The van der Waals surface area contributed by atoms with Gasteiger partial charge in [0.05, 0.1) is 37.2 Å². The van der Waals surface area contributed by atoms with Crippen molar-refractivity contribution in [3.8, 4) is 11.3 Å². The van der Waals surface area contributed by atoms with E-state index in [4.69, 9.17) is 14.6 Å². The Hall–Kier alpha value is -3.32. The number of hydrogen-bond donors (Lipinski definition) is 0. The van der Waals surface area contributed by atoms with Gasteiger partial charge in [-0.3, -0.25) is 9.83 Å². The molecule has 1 saturated heterocycles. The normalized spacial score (nSPS) is 15.7. The van der Waals surface area contributed by atoms with Crippen LogP contribution >= 0.6 is 0 Å². The standard InChI is InChI=1S/C23H24N5O2/c1-16-23(28(29-2)8-7-24-16)18-3-4-19-15-26-22(20(19)13-18)17-5-6-25-21(14-17)27-9-11-30-12-10-27/h3-8,13-14H,9-12,15H2,1-2H3/q+1. The Bertz CT molecular complexity index is 1120. The lowest BCUT2D eigenvalue weighted by atomic mass is 9.97. The molecule has 2 aliphatic heterocycles. The number of hydrogen-bond acceptors (Lipinski definition) is 6. The first-order chi connectivity index (χ1) is 14.7. The molecule has 7 nitrogen and oxygen atoms in total. The van der Waals surface area contributed by atoms with Crippen LogP contribution in [0.3, 0.4) is 0 Å². The highest BCUT2D eigenvalue weighted by Crippen LogP contribution is 2.29. The Labute approximate surface area is 175 Å². The van der Waals surface area contributed by atoms with E-state index in [1.807, 2.05) is 25.4 Å². The molecule has 7 heteroatoms. The molecule has 30 heavy (non-hydrogen) atoms. The average Bonchev–Trinajstić information content (AvgIpc) is 3.23. The Morgan fingerprint density at radius 3 is 2.73 bits per heavy atom. The van der Waals surface area contributed by atoms with E-state index >= 15 is 0 Å². The van der Waals surface area contributed by atoms with Crippen LogP contribution in [0.5, 0.6) is 0 Å². The van der Waals surface area contributed by atoms with Gasteiger partial charge < -0.3 is 9.64 Å². The van der Waals surface area contributed by atoms with Crippen molar-refractivity contribution in [1.82, 2.24) is 9.97 Å². The van der Waals surface area contributed by atoms with Crippen molar-refractivity contribution in [2.24, 2.45) is 4.99 Å². The van der Waals surface area contributed by atoms with E-state index in [1.165, 1.54) is 5.56 Å². The fourth-order valence-electron chi connectivity index (χ4n) is 4.10. The molecule has 2 aromatic heterocycles. The molecule has 0 spiro atoms. The smallest absolute Gasteiger partial charge is 0.285 e. The van der Waals surface area contributed by atoms with Crippen molar-refractivity contribution < 1.29 is 14.3 Å². The van der Waals surface area contributed by atoms with E-state index in [1.54, 1.807) is 18.0 Å². The van der Waals surface area contributed by atoms with E-state index in [2.05, 4.69) is 39.1 Å². The number of pyridine rings is 1. The SMILES string of the molecule is CO[n+]1ccnc(C)c1-c1ccc2c(c1)C(c1ccnc(N3CCOCC3)c1)=NC2. The second kappa shape index (κ2) is 7.84. The molecule has 0 unspecified atom stereocenters. The second-order valence-corrected chi connectivity index (χ2v) is 7.41. The summed E-state index contributed by atoms with van der Waals surface area (Å²) in [6, 6.07) is 10.6. The van der Waals surface area contributed by atoms with Crippen molar-refractivity contribution in [2.45, 2.75) is 13.5 Å². The Balaban J connectivity index is 1.53. The number of nitrogens with zero attached hydrogens (tertiary/aromatic N) is 5. The number of benzene rings is 1. The molecule has 3 aromatic rings. The van der Waals surface area contributed by atoms with E-state index in [-0.39, 0.29) is 0 Å². The topological polar surface area (TPSA) is 63.7 Å². The molecule has 0 saturated carbocycles. The highest BCUT2D eigenvalue weighted by molar-refractivity contribution is 6.15. The minimum Gasteiger partial charge on any atom is -0.378 e. The van der Waals surface area contributed by atoms with Crippen LogP contribution in [0, 0.1) is 6.92 Å². The zero-order chi connectivity index (χ0) is 20.5. The van der Waals surface area contributed by atoms with Gasteiger partial charge in [-0.25, -0.2) is 9.97 Å². The van der Waals surface area contributed by atoms with Gasteiger partial charge in [-0.1, -0.05) is 6.07 Å². The maximum atomic E-state index is 5.52. The first-order valence-electron chi connectivity index (χ1n) is 10.1. The number of ether oxygens (including phenoxy) is 1. The summed E-state index contributed by atoms with van der Waals surface area (Å²) < 4.78 is 7.22. The van der Waals surface area contributed by atoms with Crippen LogP contribution in [0.4, 0.5) is 5.82 Å². The van der Waals surface area contributed by atoms with Gasteiger partial charge in [0.2, 0.25) is 6.20 Å². The Morgan fingerprint density at radius 2 is 1.90 bits per heavy atom. The highest BCUT2D eigenvalue weighted by Gasteiger charge is 2.24. The second-order valence-electron chi connectivity index (χ2n) is 7.41. The van der Waals surface area contributed by atoms with Crippen LogP contribution in [0.2, 0.25) is 0 Å². The summed E-state index contributed by atoms with van der Waals surface area (Å²) in [7, 11) is 1.66. The Morgan fingerprint density at radius 1 is 1.03 bits per heavy atom. The van der Waals surface area contributed by atoms with Crippen LogP contribution in [0.25, 0.3) is 11.3 Å². The van der Waals surface area contributed by atoms with Crippen LogP contribution in [0.15, 0.2) is 53.9 Å². The molecule has 152 valence electrons. The predicted molar refractivity (Wildman–Crippen MR) is 114 cm³/mol. The van der Waals surface area contributed by atoms with E-state index < -0.39 is 0 Å². The van der Waals surface area contributed by atoms with Gasteiger partial charge in [-0.15, -0.1) is 0 Å². The van der Waals surface area contributed by atoms with Crippen LogP contribution in [0.1, 0.15) is 22.4 Å². The quantitative estimate of drug-likeness (QED) is 0.625. The van der Waals surface area contributed by atoms with Gasteiger partial charge in [0.15, 0.2) is 0 Å². The summed E-state index contributed by atoms with van der Waals surface area (Å²) in [6.07, 6.45) is 5.43. The number of rotatable bonds is 4. The summed E-state index contributed by atoms with van der Waals surface area (Å²) in [5.41, 5.74) is 7.38. The van der Waals surface area contributed by atoms with Crippen molar-refractivity contribution in [3.63, 3.8) is 0 Å². The van der Waals surface area contributed by atoms with Gasteiger partial charge in [0.25, 0.3) is 5.69 Å². The molecule has 5 rings (SSSR count). The predicted octanol–water partition coefficient (Wildman–Crippen LogP) is 1.99. The molecule has 0 aliphatic carbocycles. The first kappa shape index (κ1) is 18.7. The van der Waals surface area contributed by atoms with Crippen molar-refractivity contribution >= 4 is 11.5 Å². The number of anilines is 1.